The second-order valence-electron chi connectivity index (χ2n) is 3.10. The first-order valence-electron chi connectivity index (χ1n) is 4.44. The Kier molecular flexibility index (Phi) is 3.71. The number of hydrogen-bond acceptors (Lipinski definition) is 3. The lowest BCUT2D eigenvalue weighted by molar-refractivity contribution is -0.145. The second kappa shape index (κ2) is 4.83. The van der Waals surface area contributed by atoms with Crippen LogP contribution in [0.4, 0.5) is 0 Å². The number of methoxy groups -OCH3 is 1. The van der Waals surface area contributed by atoms with Crippen molar-refractivity contribution in [3.63, 3.8) is 0 Å². The van der Waals surface area contributed by atoms with Gasteiger partial charge in [0.1, 0.15) is 6.04 Å². The van der Waals surface area contributed by atoms with Gasteiger partial charge in [0.25, 0.3) is 0 Å². The van der Waals surface area contributed by atoms with Crippen molar-refractivity contribution in [1.29, 1.82) is 0 Å². The van der Waals surface area contributed by atoms with E-state index < -0.39 is 0 Å². The van der Waals surface area contributed by atoms with Gasteiger partial charge in [-0.1, -0.05) is 0 Å². The number of hydrogen-bond donors (Lipinski definition) is 0. The molecule has 0 radical (unpaired) electrons. The number of nitrogens with zero attached hydrogens (tertiary/aromatic N) is 2. The van der Waals surface area contributed by atoms with E-state index >= 15 is 0 Å². The highest BCUT2D eigenvalue weighted by Gasteiger charge is 2.31. The van der Waals surface area contributed by atoms with Gasteiger partial charge in [0.05, 0.1) is 13.7 Å². The van der Waals surface area contributed by atoms with Gasteiger partial charge < -0.3 is 9.58 Å². The Morgan fingerprint density at radius 2 is 2.54 bits per heavy atom. The molecule has 0 bridgehead atoms. The van der Waals surface area contributed by atoms with Crippen molar-refractivity contribution in [2.75, 3.05) is 26.7 Å². The third-order valence-corrected chi connectivity index (χ3v) is 2.34. The molecule has 0 saturated carbocycles. The fraction of sp³-hybridized carbons (Fsp3) is 0.778. The van der Waals surface area contributed by atoms with Gasteiger partial charge in [0.15, 0.2) is 0 Å². The zero-order valence-corrected chi connectivity index (χ0v) is 7.82. The standard InChI is InChI=1S/C9H14N2O2/c1-10-5-7-11-6-3-4-8(11)9(12)13-2/h8H,3-7H2,2H3. The Morgan fingerprint density at radius 3 is 3.15 bits per heavy atom. The molecule has 4 heteroatoms. The summed E-state index contributed by atoms with van der Waals surface area (Å²) in [5.74, 6) is -0.164. The van der Waals surface area contributed by atoms with Crippen LogP contribution in [0.25, 0.3) is 4.85 Å². The number of ether oxygens (including phenoxy) is 1. The van der Waals surface area contributed by atoms with Crippen LogP contribution in [0.15, 0.2) is 0 Å². The van der Waals surface area contributed by atoms with Gasteiger partial charge in [0.2, 0.25) is 6.54 Å². The van der Waals surface area contributed by atoms with Crippen LogP contribution < -0.4 is 0 Å². The molecule has 0 aromatic heterocycles. The lowest BCUT2D eigenvalue weighted by atomic mass is 10.2. The van der Waals surface area contributed by atoms with Gasteiger partial charge in [-0.15, -0.1) is 0 Å². The molecule has 1 aliphatic heterocycles. The van der Waals surface area contributed by atoms with Crippen LogP contribution >= 0.6 is 0 Å². The first kappa shape index (κ1) is 10.0. The second-order valence-corrected chi connectivity index (χ2v) is 3.10. The molecule has 1 saturated heterocycles. The van der Waals surface area contributed by atoms with Gasteiger partial charge in [-0.25, -0.2) is 6.57 Å². The highest BCUT2D eigenvalue weighted by molar-refractivity contribution is 5.75. The van der Waals surface area contributed by atoms with E-state index in [4.69, 9.17) is 6.57 Å². The van der Waals surface area contributed by atoms with Crippen LogP contribution in [0.2, 0.25) is 0 Å². The molecule has 0 aromatic carbocycles. The van der Waals surface area contributed by atoms with Crippen molar-refractivity contribution >= 4 is 5.97 Å². The van der Waals surface area contributed by atoms with E-state index in [1.807, 2.05) is 4.90 Å². The summed E-state index contributed by atoms with van der Waals surface area (Å²) >= 11 is 0. The molecule has 0 aliphatic carbocycles. The Balaban J connectivity index is 2.44. The first-order valence-corrected chi connectivity index (χ1v) is 4.44. The van der Waals surface area contributed by atoms with Crippen LogP contribution in [-0.2, 0) is 9.53 Å². The van der Waals surface area contributed by atoms with E-state index in [0.717, 1.165) is 19.4 Å². The Labute approximate surface area is 78.3 Å². The summed E-state index contributed by atoms with van der Waals surface area (Å²) in [5.41, 5.74) is 0. The molecule has 1 fully saturated rings. The summed E-state index contributed by atoms with van der Waals surface area (Å²) in [7, 11) is 1.41. The smallest absolute Gasteiger partial charge is 0.323 e. The van der Waals surface area contributed by atoms with Crippen molar-refractivity contribution in [2.45, 2.75) is 18.9 Å². The maximum Gasteiger partial charge on any atom is 0.323 e. The summed E-state index contributed by atoms with van der Waals surface area (Å²) < 4.78 is 4.69. The first-order chi connectivity index (χ1) is 6.29. The predicted octanol–water partition coefficient (Wildman–Crippen LogP) is 0.543. The predicted molar refractivity (Wildman–Crippen MR) is 48.1 cm³/mol. The number of carbonyl (C=O) groups excluding carboxylic acids is 1. The molecular weight excluding hydrogens is 168 g/mol. The molecule has 0 amide bonds. The van der Waals surface area contributed by atoms with Crippen molar-refractivity contribution in [3.8, 4) is 0 Å². The monoisotopic (exact) mass is 182 g/mol. The molecule has 0 aromatic rings. The van der Waals surface area contributed by atoms with E-state index in [0.29, 0.717) is 13.1 Å². The average molecular weight is 182 g/mol. The molecule has 4 nitrogen and oxygen atoms in total. The van der Waals surface area contributed by atoms with E-state index in [1.54, 1.807) is 0 Å². The topological polar surface area (TPSA) is 33.9 Å². The van der Waals surface area contributed by atoms with Crippen LogP contribution in [0.5, 0.6) is 0 Å². The summed E-state index contributed by atoms with van der Waals surface area (Å²) in [6.45, 7) is 8.73. The maximum absolute atomic E-state index is 11.2. The van der Waals surface area contributed by atoms with Gasteiger partial charge >= 0.3 is 5.97 Å². The number of esters is 1. The third kappa shape index (κ3) is 2.43. The molecule has 0 spiro atoms. The molecular formula is C9H14N2O2. The number of carbonyl (C=O) groups is 1. The van der Waals surface area contributed by atoms with E-state index in [2.05, 4.69) is 9.58 Å². The molecule has 72 valence electrons. The van der Waals surface area contributed by atoms with Crippen molar-refractivity contribution in [1.82, 2.24) is 4.90 Å². The van der Waals surface area contributed by atoms with Crippen LogP contribution in [0.3, 0.4) is 0 Å². The largest absolute Gasteiger partial charge is 0.468 e. The summed E-state index contributed by atoms with van der Waals surface area (Å²) in [6.07, 6.45) is 1.89. The van der Waals surface area contributed by atoms with Gasteiger partial charge in [-0.05, 0) is 19.4 Å². The highest BCUT2D eigenvalue weighted by atomic mass is 16.5. The molecule has 1 unspecified atom stereocenters. The Hall–Kier alpha value is -1.08. The molecule has 0 N–H and O–H groups in total. The van der Waals surface area contributed by atoms with Crippen molar-refractivity contribution in [2.24, 2.45) is 0 Å². The molecule has 1 atom stereocenters. The van der Waals surface area contributed by atoms with Crippen molar-refractivity contribution in [3.05, 3.63) is 11.4 Å². The number of rotatable bonds is 3. The summed E-state index contributed by atoms with van der Waals surface area (Å²) in [4.78, 5) is 16.6. The SMILES string of the molecule is [C-]#[N+]CCN1CCCC1C(=O)OC. The van der Waals surface area contributed by atoms with E-state index in [9.17, 15) is 4.79 Å². The minimum Gasteiger partial charge on any atom is -0.468 e. The quantitative estimate of drug-likeness (QED) is 0.472. The van der Waals surface area contributed by atoms with Crippen molar-refractivity contribution < 1.29 is 9.53 Å². The summed E-state index contributed by atoms with van der Waals surface area (Å²) in [6, 6.07) is -0.105. The number of likely N-dealkylation sites (tertiary alicyclic amines) is 1. The summed E-state index contributed by atoms with van der Waals surface area (Å²) in [5, 5.41) is 0. The lowest BCUT2D eigenvalue weighted by Gasteiger charge is -2.19. The fourth-order valence-corrected chi connectivity index (χ4v) is 1.68. The van der Waals surface area contributed by atoms with Crippen LogP contribution in [-0.4, -0.2) is 43.7 Å². The van der Waals surface area contributed by atoms with E-state index in [1.165, 1.54) is 7.11 Å². The molecule has 1 heterocycles. The highest BCUT2D eigenvalue weighted by Crippen LogP contribution is 2.17. The normalized spacial score (nSPS) is 22.6. The van der Waals surface area contributed by atoms with Crippen LogP contribution in [0, 0.1) is 6.57 Å². The third-order valence-electron chi connectivity index (χ3n) is 2.34. The minimum atomic E-state index is -0.164. The average Bonchev–Trinajstić information content (AvgIpc) is 2.61. The fourth-order valence-electron chi connectivity index (χ4n) is 1.68. The molecule has 13 heavy (non-hydrogen) atoms. The zero-order valence-electron chi connectivity index (χ0n) is 7.82. The van der Waals surface area contributed by atoms with Gasteiger partial charge in [-0.3, -0.25) is 9.69 Å². The minimum absolute atomic E-state index is 0.105. The zero-order chi connectivity index (χ0) is 9.68. The van der Waals surface area contributed by atoms with Gasteiger partial charge in [-0.2, -0.15) is 0 Å². The Bertz CT molecular complexity index is 222. The maximum atomic E-state index is 11.2. The lowest BCUT2D eigenvalue weighted by Crippen LogP contribution is -2.38. The molecule has 1 aliphatic rings. The Morgan fingerprint density at radius 1 is 1.77 bits per heavy atom. The van der Waals surface area contributed by atoms with E-state index in [-0.39, 0.29) is 12.0 Å². The van der Waals surface area contributed by atoms with Gasteiger partial charge in [0, 0.05) is 0 Å². The van der Waals surface area contributed by atoms with Crippen LogP contribution in [0.1, 0.15) is 12.8 Å². The molecule has 1 rings (SSSR count).